The number of rotatable bonds is 4. The second kappa shape index (κ2) is 7.55. The topological polar surface area (TPSA) is 54.0 Å². The van der Waals surface area contributed by atoms with Gasteiger partial charge in [0.25, 0.3) is 0 Å². The van der Waals surface area contributed by atoms with Crippen LogP contribution in [0.3, 0.4) is 0 Å². The first-order valence-corrected chi connectivity index (χ1v) is 8.44. The predicted octanol–water partition coefficient (Wildman–Crippen LogP) is 2.41. The molecule has 2 heterocycles. The van der Waals surface area contributed by atoms with Crippen LogP contribution in [0.25, 0.3) is 0 Å². The van der Waals surface area contributed by atoms with Crippen molar-refractivity contribution in [1.29, 1.82) is 0 Å². The van der Waals surface area contributed by atoms with Crippen LogP contribution in [0.5, 0.6) is 11.5 Å². The summed E-state index contributed by atoms with van der Waals surface area (Å²) in [5, 5.41) is 2.95. The fraction of sp³-hybridized carbons (Fsp3) is 0.588. The van der Waals surface area contributed by atoms with Crippen molar-refractivity contribution >= 4 is 11.7 Å². The number of benzene rings is 1. The molecule has 126 valence electrons. The van der Waals surface area contributed by atoms with Gasteiger partial charge in [0.05, 0.1) is 0 Å². The molecule has 0 aromatic heterocycles. The van der Waals surface area contributed by atoms with Crippen LogP contribution in [0, 0.1) is 0 Å². The van der Waals surface area contributed by atoms with Crippen molar-refractivity contribution in [2.24, 2.45) is 0 Å². The lowest BCUT2D eigenvalue weighted by Gasteiger charge is -2.34. The van der Waals surface area contributed by atoms with E-state index in [9.17, 15) is 4.79 Å². The molecule has 0 spiro atoms. The van der Waals surface area contributed by atoms with Crippen molar-refractivity contribution in [3.63, 3.8) is 0 Å². The third-order valence-corrected chi connectivity index (χ3v) is 4.28. The van der Waals surface area contributed by atoms with E-state index in [-0.39, 0.29) is 6.03 Å². The fourth-order valence-electron chi connectivity index (χ4n) is 2.88. The van der Waals surface area contributed by atoms with Crippen LogP contribution >= 0.6 is 0 Å². The van der Waals surface area contributed by atoms with Gasteiger partial charge in [0, 0.05) is 37.9 Å². The summed E-state index contributed by atoms with van der Waals surface area (Å²) in [6, 6.07) is 5.47. The first-order chi connectivity index (χ1) is 11.3. The summed E-state index contributed by atoms with van der Waals surface area (Å²) >= 11 is 0. The largest absolute Gasteiger partial charge is 0.486 e. The average Bonchev–Trinajstić information content (AvgIpc) is 2.60. The van der Waals surface area contributed by atoms with E-state index in [0.29, 0.717) is 19.0 Å². The Morgan fingerprint density at radius 3 is 2.61 bits per heavy atom. The standard InChI is InChI=1S/C17H25N3O3/c1-2-3-6-19-7-9-20(10-8-19)17(21)18-14-4-5-15-16(13-14)23-12-11-22-15/h4-5,13H,2-3,6-12H2,1H3,(H,18,21). The monoisotopic (exact) mass is 319 g/mol. The van der Waals surface area contributed by atoms with Crippen LogP contribution < -0.4 is 14.8 Å². The molecular weight excluding hydrogens is 294 g/mol. The van der Waals surface area contributed by atoms with Gasteiger partial charge >= 0.3 is 6.03 Å². The Kier molecular flexibility index (Phi) is 5.23. The molecule has 1 aromatic carbocycles. The summed E-state index contributed by atoms with van der Waals surface area (Å²) in [7, 11) is 0. The van der Waals surface area contributed by atoms with Gasteiger partial charge in [-0.1, -0.05) is 13.3 Å². The highest BCUT2D eigenvalue weighted by Gasteiger charge is 2.21. The average molecular weight is 319 g/mol. The summed E-state index contributed by atoms with van der Waals surface area (Å²) < 4.78 is 11.0. The molecule has 1 fully saturated rings. The summed E-state index contributed by atoms with van der Waals surface area (Å²) in [4.78, 5) is 16.7. The fourth-order valence-corrected chi connectivity index (χ4v) is 2.88. The molecular formula is C17H25N3O3. The molecule has 3 rings (SSSR count). The van der Waals surface area contributed by atoms with E-state index in [2.05, 4.69) is 17.1 Å². The number of hydrogen-bond acceptors (Lipinski definition) is 4. The maximum atomic E-state index is 12.4. The van der Waals surface area contributed by atoms with E-state index in [1.54, 1.807) is 0 Å². The Hall–Kier alpha value is -1.95. The van der Waals surface area contributed by atoms with Crippen molar-refractivity contribution in [3.05, 3.63) is 18.2 Å². The van der Waals surface area contributed by atoms with Crippen molar-refractivity contribution in [1.82, 2.24) is 9.80 Å². The van der Waals surface area contributed by atoms with E-state index < -0.39 is 0 Å². The van der Waals surface area contributed by atoms with Gasteiger partial charge in [0.1, 0.15) is 13.2 Å². The number of unbranched alkanes of at least 4 members (excludes halogenated alkanes) is 1. The Morgan fingerprint density at radius 1 is 1.13 bits per heavy atom. The van der Waals surface area contributed by atoms with Gasteiger partial charge in [-0.05, 0) is 25.1 Å². The Balaban J connectivity index is 1.52. The number of nitrogens with zero attached hydrogens (tertiary/aromatic N) is 2. The number of ether oxygens (including phenoxy) is 2. The lowest BCUT2D eigenvalue weighted by molar-refractivity contribution is 0.146. The third kappa shape index (κ3) is 4.07. The molecule has 0 aliphatic carbocycles. The molecule has 0 bridgehead atoms. The third-order valence-electron chi connectivity index (χ3n) is 4.28. The molecule has 0 saturated carbocycles. The molecule has 6 nitrogen and oxygen atoms in total. The number of fused-ring (bicyclic) bond motifs is 1. The summed E-state index contributed by atoms with van der Waals surface area (Å²) in [6.45, 7) is 7.92. The zero-order valence-electron chi connectivity index (χ0n) is 13.7. The molecule has 0 atom stereocenters. The van der Waals surface area contributed by atoms with Crippen molar-refractivity contribution in [3.8, 4) is 11.5 Å². The zero-order valence-corrected chi connectivity index (χ0v) is 13.7. The number of nitrogens with one attached hydrogen (secondary N) is 1. The van der Waals surface area contributed by atoms with Crippen LogP contribution in [0.4, 0.5) is 10.5 Å². The van der Waals surface area contributed by atoms with Crippen molar-refractivity contribution in [2.75, 3.05) is 51.3 Å². The maximum Gasteiger partial charge on any atom is 0.321 e. The number of carbonyl (C=O) groups is 1. The van der Waals surface area contributed by atoms with Gasteiger partial charge < -0.3 is 19.7 Å². The van der Waals surface area contributed by atoms with E-state index in [1.807, 2.05) is 23.1 Å². The van der Waals surface area contributed by atoms with E-state index in [1.165, 1.54) is 12.8 Å². The molecule has 2 amide bonds. The molecule has 0 unspecified atom stereocenters. The van der Waals surface area contributed by atoms with Crippen LogP contribution in [0.15, 0.2) is 18.2 Å². The lowest BCUT2D eigenvalue weighted by atomic mass is 10.2. The van der Waals surface area contributed by atoms with E-state index in [0.717, 1.165) is 44.2 Å². The summed E-state index contributed by atoms with van der Waals surface area (Å²) in [6.07, 6.45) is 2.44. The highest BCUT2D eigenvalue weighted by molar-refractivity contribution is 5.89. The van der Waals surface area contributed by atoms with Crippen molar-refractivity contribution < 1.29 is 14.3 Å². The maximum absolute atomic E-state index is 12.4. The molecule has 2 aliphatic rings. The molecule has 1 saturated heterocycles. The van der Waals surface area contributed by atoms with Gasteiger partial charge in [0.15, 0.2) is 11.5 Å². The lowest BCUT2D eigenvalue weighted by Crippen LogP contribution is -2.50. The van der Waals surface area contributed by atoms with E-state index >= 15 is 0 Å². The Labute approximate surface area is 137 Å². The number of carbonyl (C=O) groups excluding carboxylic acids is 1. The number of urea groups is 1. The van der Waals surface area contributed by atoms with Crippen molar-refractivity contribution in [2.45, 2.75) is 19.8 Å². The van der Waals surface area contributed by atoms with Gasteiger partial charge in [-0.3, -0.25) is 4.90 Å². The first-order valence-electron chi connectivity index (χ1n) is 8.44. The summed E-state index contributed by atoms with van der Waals surface area (Å²) in [5.74, 6) is 1.43. The zero-order chi connectivity index (χ0) is 16.1. The second-order valence-corrected chi connectivity index (χ2v) is 5.97. The first kappa shape index (κ1) is 15.9. The van der Waals surface area contributed by atoms with Gasteiger partial charge in [-0.15, -0.1) is 0 Å². The molecule has 23 heavy (non-hydrogen) atoms. The highest BCUT2D eigenvalue weighted by atomic mass is 16.6. The molecule has 2 aliphatic heterocycles. The van der Waals surface area contributed by atoms with Crippen LogP contribution in [0.2, 0.25) is 0 Å². The second-order valence-electron chi connectivity index (χ2n) is 5.97. The quantitative estimate of drug-likeness (QED) is 0.926. The Bertz CT molecular complexity index is 542. The number of anilines is 1. The number of piperazine rings is 1. The Morgan fingerprint density at radius 2 is 1.87 bits per heavy atom. The summed E-state index contributed by atoms with van der Waals surface area (Å²) in [5.41, 5.74) is 0.743. The SMILES string of the molecule is CCCCN1CCN(C(=O)Nc2ccc3c(c2)OCCO3)CC1. The molecule has 1 aromatic rings. The minimum atomic E-state index is -0.0446. The van der Waals surface area contributed by atoms with Crippen LogP contribution in [0.1, 0.15) is 19.8 Å². The van der Waals surface area contributed by atoms with E-state index in [4.69, 9.17) is 9.47 Å². The van der Waals surface area contributed by atoms with Gasteiger partial charge in [0.2, 0.25) is 0 Å². The van der Waals surface area contributed by atoms with Crippen LogP contribution in [-0.2, 0) is 0 Å². The minimum absolute atomic E-state index is 0.0446. The molecule has 1 N–H and O–H groups in total. The highest BCUT2D eigenvalue weighted by Crippen LogP contribution is 2.32. The minimum Gasteiger partial charge on any atom is -0.486 e. The molecule has 6 heteroatoms. The number of hydrogen-bond donors (Lipinski definition) is 1. The van der Waals surface area contributed by atoms with Gasteiger partial charge in [-0.2, -0.15) is 0 Å². The number of amides is 2. The normalized spacial score (nSPS) is 17.9. The van der Waals surface area contributed by atoms with Crippen LogP contribution in [-0.4, -0.2) is 61.8 Å². The predicted molar refractivity (Wildman–Crippen MR) is 89.4 cm³/mol. The van der Waals surface area contributed by atoms with Gasteiger partial charge in [-0.25, -0.2) is 4.79 Å². The smallest absolute Gasteiger partial charge is 0.321 e. The molecule has 0 radical (unpaired) electrons.